The van der Waals surface area contributed by atoms with E-state index in [0.29, 0.717) is 0 Å². The molecule has 0 N–H and O–H groups in total. The lowest BCUT2D eigenvalue weighted by Crippen LogP contribution is -2.14. The molecule has 0 aliphatic heterocycles. The predicted molar refractivity (Wildman–Crippen MR) is 73.3 cm³/mol. The number of rotatable bonds is 6. The summed E-state index contributed by atoms with van der Waals surface area (Å²) in [6, 6.07) is 6.62. The second-order valence-electron chi connectivity index (χ2n) is 4.67. The van der Waals surface area contributed by atoms with Gasteiger partial charge in [0.25, 0.3) is 0 Å². The van der Waals surface area contributed by atoms with Gasteiger partial charge in [0, 0.05) is 0 Å². The van der Waals surface area contributed by atoms with Gasteiger partial charge in [0.15, 0.2) is 9.04 Å². The number of hydrogen-bond donors (Lipinski definition) is 0. The van der Waals surface area contributed by atoms with E-state index in [1.807, 2.05) is 6.07 Å². The molecule has 0 bridgehead atoms. The summed E-state index contributed by atoms with van der Waals surface area (Å²) in [6.07, 6.45) is 3.04. The minimum atomic E-state index is -1.16. The first-order chi connectivity index (χ1) is 8.58. The average molecular weight is 265 g/mol. The molecule has 4 heteroatoms. The minimum absolute atomic E-state index is 0.0288. The lowest BCUT2D eigenvalue weighted by molar-refractivity contribution is 0.194. The van der Waals surface area contributed by atoms with Gasteiger partial charge in [-0.15, -0.1) is 0 Å². The van der Waals surface area contributed by atoms with Crippen LogP contribution in [-0.2, 0) is 4.43 Å². The van der Waals surface area contributed by atoms with Gasteiger partial charge in [-0.3, -0.25) is 0 Å². The Balaban J connectivity index is 2.90. The fraction of sp³-hybridized carbons (Fsp3) is 0.500. The van der Waals surface area contributed by atoms with E-state index in [4.69, 9.17) is 9.69 Å². The van der Waals surface area contributed by atoms with Crippen LogP contribution in [-0.4, -0.2) is 9.04 Å². The molecule has 1 rings (SSSR count). The molecular weight excluding hydrogens is 245 g/mol. The van der Waals surface area contributed by atoms with Crippen LogP contribution in [0.5, 0.6) is 0 Å². The molecule has 0 amide bonds. The SMILES string of the molecule is CCCCC(O[SiH](C)C)c1ccc(C#N)c(F)c1. The van der Waals surface area contributed by atoms with Crippen molar-refractivity contribution < 1.29 is 8.82 Å². The van der Waals surface area contributed by atoms with Crippen molar-refractivity contribution in [3.05, 3.63) is 35.1 Å². The van der Waals surface area contributed by atoms with Crippen molar-refractivity contribution in [3.8, 4) is 6.07 Å². The molecule has 0 saturated heterocycles. The molecule has 0 heterocycles. The van der Waals surface area contributed by atoms with Crippen molar-refractivity contribution in [2.75, 3.05) is 0 Å². The summed E-state index contributed by atoms with van der Waals surface area (Å²) in [7, 11) is -1.16. The monoisotopic (exact) mass is 265 g/mol. The van der Waals surface area contributed by atoms with E-state index in [0.717, 1.165) is 24.8 Å². The molecule has 0 spiro atoms. The highest BCUT2D eigenvalue weighted by Gasteiger charge is 2.15. The average Bonchev–Trinajstić information content (AvgIpc) is 2.34. The molecule has 0 radical (unpaired) electrons. The lowest BCUT2D eigenvalue weighted by atomic mass is 10.0. The van der Waals surface area contributed by atoms with Crippen LogP contribution < -0.4 is 0 Å². The molecule has 0 aromatic heterocycles. The number of nitrogens with zero attached hydrogens (tertiary/aromatic N) is 1. The molecule has 0 saturated carbocycles. The zero-order valence-corrected chi connectivity index (χ0v) is 12.4. The van der Waals surface area contributed by atoms with Crippen molar-refractivity contribution in [1.29, 1.82) is 5.26 Å². The predicted octanol–water partition coefficient (Wildman–Crippen LogP) is 3.93. The third kappa shape index (κ3) is 4.24. The van der Waals surface area contributed by atoms with Gasteiger partial charge in [-0.05, 0) is 37.2 Å². The maximum Gasteiger partial charge on any atom is 0.171 e. The van der Waals surface area contributed by atoms with Crippen LogP contribution in [0.3, 0.4) is 0 Å². The topological polar surface area (TPSA) is 33.0 Å². The smallest absolute Gasteiger partial charge is 0.171 e. The van der Waals surface area contributed by atoms with Gasteiger partial charge >= 0.3 is 0 Å². The molecule has 0 aliphatic rings. The van der Waals surface area contributed by atoms with Crippen LogP contribution in [0.1, 0.15) is 43.4 Å². The number of benzene rings is 1. The van der Waals surface area contributed by atoms with Gasteiger partial charge in [0.05, 0.1) is 11.7 Å². The van der Waals surface area contributed by atoms with E-state index in [2.05, 4.69) is 20.0 Å². The molecule has 0 fully saturated rings. The largest absolute Gasteiger partial charge is 0.414 e. The van der Waals surface area contributed by atoms with Gasteiger partial charge in [-0.2, -0.15) is 5.26 Å². The fourth-order valence-corrected chi connectivity index (χ4v) is 2.80. The van der Waals surface area contributed by atoms with Gasteiger partial charge in [-0.25, -0.2) is 4.39 Å². The first-order valence-corrected chi connectivity index (χ1v) is 9.21. The van der Waals surface area contributed by atoms with Crippen LogP contribution in [0.25, 0.3) is 0 Å². The highest BCUT2D eigenvalue weighted by molar-refractivity contribution is 6.48. The molecular formula is C14H20FNOSi. The first kappa shape index (κ1) is 14.9. The highest BCUT2D eigenvalue weighted by atomic mass is 28.3. The zero-order chi connectivity index (χ0) is 13.5. The first-order valence-electron chi connectivity index (χ1n) is 6.43. The van der Waals surface area contributed by atoms with Crippen molar-refractivity contribution in [2.24, 2.45) is 0 Å². The maximum absolute atomic E-state index is 13.6. The van der Waals surface area contributed by atoms with Crippen LogP contribution in [0.15, 0.2) is 18.2 Å². The molecule has 1 aromatic rings. The maximum atomic E-state index is 13.6. The summed E-state index contributed by atoms with van der Waals surface area (Å²) in [5.74, 6) is -0.453. The van der Waals surface area contributed by atoms with Crippen molar-refractivity contribution >= 4 is 9.04 Å². The van der Waals surface area contributed by atoms with Gasteiger partial charge in [-0.1, -0.05) is 25.8 Å². The Hall–Kier alpha value is -1.18. The molecule has 0 aliphatic carbocycles. The Morgan fingerprint density at radius 3 is 2.67 bits per heavy atom. The van der Waals surface area contributed by atoms with Gasteiger partial charge in [0.2, 0.25) is 0 Å². The second-order valence-corrected chi connectivity index (χ2v) is 7.04. The van der Waals surface area contributed by atoms with E-state index in [1.54, 1.807) is 6.07 Å². The quantitative estimate of drug-likeness (QED) is 0.730. The van der Waals surface area contributed by atoms with Gasteiger partial charge < -0.3 is 4.43 Å². The molecule has 18 heavy (non-hydrogen) atoms. The highest BCUT2D eigenvalue weighted by Crippen LogP contribution is 2.26. The number of hydrogen-bond acceptors (Lipinski definition) is 2. The third-order valence-electron chi connectivity index (χ3n) is 2.74. The standard InChI is InChI=1S/C14H20FNOSi/c1-4-5-6-14(17-18(2)3)11-7-8-12(10-16)13(15)9-11/h7-9,14,18H,4-6H2,1-3H3. The molecule has 2 nitrogen and oxygen atoms in total. The Morgan fingerprint density at radius 2 is 2.17 bits per heavy atom. The van der Waals surface area contributed by atoms with Crippen molar-refractivity contribution in [1.82, 2.24) is 0 Å². The Labute approximate surface area is 110 Å². The van der Waals surface area contributed by atoms with Gasteiger partial charge in [0.1, 0.15) is 11.9 Å². The van der Waals surface area contributed by atoms with E-state index in [-0.39, 0.29) is 11.7 Å². The van der Waals surface area contributed by atoms with Crippen LogP contribution in [0.4, 0.5) is 4.39 Å². The summed E-state index contributed by atoms with van der Waals surface area (Å²) < 4.78 is 19.6. The van der Waals surface area contributed by atoms with Crippen LogP contribution >= 0.6 is 0 Å². The fourth-order valence-electron chi connectivity index (χ4n) is 1.85. The summed E-state index contributed by atoms with van der Waals surface area (Å²) >= 11 is 0. The van der Waals surface area contributed by atoms with Crippen LogP contribution in [0, 0.1) is 17.1 Å². The summed E-state index contributed by atoms with van der Waals surface area (Å²) in [5.41, 5.74) is 0.941. The molecule has 1 aromatic carbocycles. The molecule has 1 unspecified atom stereocenters. The summed E-state index contributed by atoms with van der Waals surface area (Å²) in [5, 5.41) is 8.72. The van der Waals surface area contributed by atoms with E-state index >= 15 is 0 Å². The normalized spacial score (nSPS) is 12.4. The lowest BCUT2D eigenvalue weighted by Gasteiger charge is -2.21. The molecule has 98 valence electrons. The number of halogens is 1. The Kier molecular flexibility index (Phi) is 6.03. The van der Waals surface area contributed by atoms with E-state index < -0.39 is 14.9 Å². The molecule has 1 atom stereocenters. The summed E-state index contributed by atoms with van der Waals surface area (Å²) in [6.45, 7) is 6.35. The van der Waals surface area contributed by atoms with E-state index in [1.165, 1.54) is 12.1 Å². The summed E-state index contributed by atoms with van der Waals surface area (Å²) in [4.78, 5) is 0. The third-order valence-corrected chi connectivity index (χ3v) is 3.61. The second kappa shape index (κ2) is 7.30. The number of unbranched alkanes of at least 4 members (excludes halogenated alkanes) is 1. The van der Waals surface area contributed by atoms with E-state index in [9.17, 15) is 4.39 Å². The Morgan fingerprint density at radius 1 is 1.44 bits per heavy atom. The van der Waals surface area contributed by atoms with Crippen molar-refractivity contribution in [2.45, 2.75) is 45.4 Å². The number of nitriles is 1. The zero-order valence-electron chi connectivity index (χ0n) is 11.2. The van der Waals surface area contributed by atoms with Crippen molar-refractivity contribution in [3.63, 3.8) is 0 Å². The Bertz CT molecular complexity index is 428. The minimum Gasteiger partial charge on any atom is -0.414 e. The van der Waals surface area contributed by atoms with Crippen LogP contribution in [0.2, 0.25) is 13.1 Å².